The highest BCUT2D eigenvalue weighted by molar-refractivity contribution is 6.31. The average molecular weight is 549 g/mol. The standard InChI is InChI=1S/C30H30ClFN4O3/c1-18-14-21(6-9-24(18)31)26-17-36-15-23(27(20-2-3-20)28(36)30(38)34-26)29(37)33-25(16-35-10-12-39-13-11-35)19-4-7-22(32)8-5-19/h4-9,14-15,17,20,25H,2-3,10-13,16H2,1H3,(H,33,37)(H,34,38)/t25-/m1/s1. The summed E-state index contributed by atoms with van der Waals surface area (Å²) in [5.41, 5.74) is 4.78. The number of aromatic amines is 1. The van der Waals surface area contributed by atoms with Gasteiger partial charge >= 0.3 is 0 Å². The van der Waals surface area contributed by atoms with Crippen LogP contribution in [0, 0.1) is 12.7 Å². The predicted octanol–water partition coefficient (Wildman–Crippen LogP) is 5.08. The van der Waals surface area contributed by atoms with Crippen molar-refractivity contribution in [3.63, 3.8) is 0 Å². The number of aromatic nitrogens is 2. The molecule has 1 aliphatic heterocycles. The molecule has 2 aliphatic rings. The van der Waals surface area contributed by atoms with E-state index in [-0.39, 0.29) is 29.2 Å². The van der Waals surface area contributed by atoms with Crippen LogP contribution in [0.1, 0.15) is 51.8 Å². The first-order valence-corrected chi connectivity index (χ1v) is 13.7. The van der Waals surface area contributed by atoms with Crippen molar-refractivity contribution in [1.82, 2.24) is 19.6 Å². The van der Waals surface area contributed by atoms with E-state index in [0.29, 0.717) is 41.6 Å². The Kier molecular flexibility index (Phi) is 7.01. The van der Waals surface area contributed by atoms with Crippen molar-refractivity contribution in [3.8, 4) is 11.3 Å². The number of rotatable bonds is 7. The monoisotopic (exact) mass is 548 g/mol. The molecule has 7 nitrogen and oxygen atoms in total. The molecule has 1 amide bonds. The molecule has 1 atom stereocenters. The van der Waals surface area contributed by atoms with Gasteiger partial charge < -0.3 is 19.4 Å². The number of carbonyl (C=O) groups excluding carboxylic acids is 1. The van der Waals surface area contributed by atoms with Crippen LogP contribution in [-0.4, -0.2) is 53.0 Å². The second kappa shape index (κ2) is 10.6. The molecular weight excluding hydrogens is 519 g/mol. The molecule has 1 saturated carbocycles. The molecule has 0 bridgehead atoms. The lowest BCUT2D eigenvalue weighted by molar-refractivity contribution is 0.0332. The number of hydrogen-bond donors (Lipinski definition) is 2. The van der Waals surface area contributed by atoms with Crippen LogP contribution in [-0.2, 0) is 4.74 Å². The lowest BCUT2D eigenvalue weighted by Gasteiger charge is -2.31. The second-order valence-electron chi connectivity index (χ2n) is 10.4. The molecule has 2 aromatic carbocycles. The molecule has 39 heavy (non-hydrogen) atoms. The Morgan fingerprint density at radius 2 is 1.90 bits per heavy atom. The molecule has 2 aromatic heterocycles. The fraction of sp³-hybridized carbons (Fsp3) is 0.333. The highest BCUT2D eigenvalue weighted by Crippen LogP contribution is 2.44. The number of ether oxygens (including phenoxy) is 1. The zero-order valence-corrected chi connectivity index (χ0v) is 22.4. The van der Waals surface area contributed by atoms with Crippen LogP contribution in [0.5, 0.6) is 0 Å². The van der Waals surface area contributed by atoms with Gasteiger partial charge in [-0.2, -0.15) is 0 Å². The molecule has 1 aliphatic carbocycles. The minimum absolute atomic E-state index is 0.170. The van der Waals surface area contributed by atoms with Crippen molar-refractivity contribution in [2.45, 2.75) is 31.7 Å². The molecular formula is C30H30ClFN4O3. The Labute approximate surface area is 230 Å². The van der Waals surface area contributed by atoms with E-state index < -0.39 is 0 Å². The molecule has 0 unspecified atom stereocenters. The Morgan fingerprint density at radius 3 is 2.59 bits per heavy atom. The number of aryl methyl sites for hydroxylation is 1. The predicted molar refractivity (Wildman–Crippen MR) is 149 cm³/mol. The van der Waals surface area contributed by atoms with Gasteiger partial charge in [-0.15, -0.1) is 0 Å². The van der Waals surface area contributed by atoms with Crippen LogP contribution in [0.15, 0.2) is 59.7 Å². The molecule has 3 heterocycles. The zero-order chi connectivity index (χ0) is 27.1. The van der Waals surface area contributed by atoms with Crippen molar-refractivity contribution < 1.29 is 13.9 Å². The molecule has 0 spiro atoms. The maximum absolute atomic E-state index is 13.8. The van der Waals surface area contributed by atoms with Crippen LogP contribution in [0.3, 0.4) is 0 Å². The third-order valence-electron chi connectivity index (χ3n) is 7.62. The highest BCUT2D eigenvalue weighted by Gasteiger charge is 2.34. The molecule has 9 heteroatoms. The largest absolute Gasteiger partial charge is 0.379 e. The van der Waals surface area contributed by atoms with Crippen molar-refractivity contribution >= 4 is 23.0 Å². The van der Waals surface area contributed by atoms with Gasteiger partial charge in [-0.25, -0.2) is 4.39 Å². The van der Waals surface area contributed by atoms with Crippen molar-refractivity contribution in [2.24, 2.45) is 0 Å². The van der Waals surface area contributed by atoms with E-state index >= 15 is 0 Å². The Bertz CT molecular complexity index is 1590. The number of hydrogen-bond acceptors (Lipinski definition) is 4. The number of carbonyl (C=O) groups is 1. The fourth-order valence-electron chi connectivity index (χ4n) is 5.37. The molecule has 2 fully saturated rings. The van der Waals surface area contributed by atoms with Gasteiger partial charge in [0.1, 0.15) is 11.3 Å². The van der Waals surface area contributed by atoms with E-state index in [0.717, 1.165) is 48.2 Å². The summed E-state index contributed by atoms with van der Waals surface area (Å²) >= 11 is 6.20. The summed E-state index contributed by atoms with van der Waals surface area (Å²) in [7, 11) is 0. The first kappa shape index (κ1) is 25.8. The van der Waals surface area contributed by atoms with Crippen molar-refractivity contribution in [3.05, 3.63) is 98.3 Å². The number of benzene rings is 2. The summed E-state index contributed by atoms with van der Waals surface area (Å²) in [6.07, 6.45) is 5.49. The number of halogens is 2. The van der Waals surface area contributed by atoms with Crippen LogP contribution in [0.4, 0.5) is 4.39 Å². The number of nitrogens with one attached hydrogen (secondary N) is 2. The lowest BCUT2D eigenvalue weighted by atomic mass is 10.0. The Morgan fingerprint density at radius 1 is 1.15 bits per heavy atom. The van der Waals surface area contributed by atoms with Crippen molar-refractivity contribution in [2.75, 3.05) is 32.8 Å². The molecule has 0 radical (unpaired) electrons. The Balaban J connectivity index is 1.36. The normalized spacial score (nSPS) is 16.9. The quantitative estimate of drug-likeness (QED) is 0.338. The summed E-state index contributed by atoms with van der Waals surface area (Å²) in [5.74, 6) is -0.397. The van der Waals surface area contributed by atoms with Gasteiger partial charge in [-0.1, -0.05) is 29.8 Å². The van der Waals surface area contributed by atoms with E-state index in [9.17, 15) is 14.0 Å². The SMILES string of the molecule is Cc1cc(-c2cn3cc(C(=O)N[C@H](CN4CCOCC4)c4ccc(F)cc4)c(C4CC4)c3c(=O)[nH]2)ccc1Cl. The topological polar surface area (TPSA) is 78.8 Å². The van der Waals surface area contributed by atoms with Gasteiger partial charge in [0.05, 0.1) is 30.5 Å². The fourth-order valence-corrected chi connectivity index (χ4v) is 5.48. The summed E-state index contributed by atoms with van der Waals surface area (Å²) in [6, 6.07) is 11.5. The minimum Gasteiger partial charge on any atom is -0.379 e. The molecule has 202 valence electrons. The van der Waals surface area contributed by atoms with Gasteiger partial charge in [0.15, 0.2) is 0 Å². The first-order valence-electron chi connectivity index (χ1n) is 13.3. The van der Waals surface area contributed by atoms with Crippen LogP contribution in [0.2, 0.25) is 5.02 Å². The van der Waals surface area contributed by atoms with Gasteiger partial charge in [-0.3, -0.25) is 14.5 Å². The molecule has 6 rings (SSSR count). The number of H-pyrrole nitrogens is 1. The third-order valence-corrected chi connectivity index (χ3v) is 8.05. The third kappa shape index (κ3) is 5.37. The van der Waals surface area contributed by atoms with Crippen LogP contribution < -0.4 is 10.9 Å². The molecule has 4 aromatic rings. The minimum atomic E-state index is -0.350. The number of amides is 1. The van der Waals surface area contributed by atoms with E-state index in [4.69, 9.17) is 16.3 Å². The summed E-state index contributed by atoms with van der Waals surface area (Å²) in [6.45, 7) is 5.30. The van der Waals surface area contributed by atoms with Gasteiger partial charge in [0.25, 0.3) is 11.5 Å². The summed E-state index contributed by atoms with van der Waals surface area (Å²) < 4.78 is 20.9. The Hall–Kier alpha value is -3.46. The molecule has 1 saturated heterocycles. The van der Waals surface area contributed by atoms with E-state index in [1.54, 1.807) is 22.7 Å². The number of fused-ring (bicyclic) bond motifs is 1. The number of nitrogens with zero attached hydrogens (tertiary/aromatic N) is 2. The maximum atomic E-state index is 13.8. The number of morpholine rings is 1. The first-order chi connectivity index (χ1) is 18.9. The van der Waals surface area contributed by atoms with Gasteiger partial charge in [0, 0.05) is 37.1 Å². The van der Waals surface area contributed by atoms with Crippen molar-refractivity contribution in [1.29, 1.82) is 0 Å². The van der Waals surface area contributed by atoms with Gasteiger partial charge in [0.2, 0.25) is 0 Å². The van der Waals surface area contributed by atoms with Crippen LogP contribution >= 0.6 is 11.6 Å². The summed E-state index contributed by atoms with van der Waals surface area (Å²) in [5, 5.41) is 3.85. The summed E-state index contributed by atoms with van der Waals surface area (Å²) in [4.78, 5) is 32.4. The van der Waals surface area contributed by atoms with Gasteiger partial charge in [-0.05, 0) is 72.2 Å². The smallest absolute Gasteiger partial charge is 0.273 e. The molecule has 2 N–H and O–H groups in total. The average Bonchev–Trinajstić information content (AvgIpc) is 3.70. The second-order valence-corrected chi connectivity index (χ2v) is 10.8. The zero-order valence-electron chi connectivity index (χ0n) is 21.7. The van der Waals surface area contributed by atoms with E-state index in [1.807, 2.05) is 31.3 Å². The maximum Gasteiger partial charge on any atom is 0.273 e. The van der Waals surface area contributed by atoms with Crippen LogP contribution in [0.25, 0.3) is 16.8 Å². The lowest BCUT2D eigenvalue weighted by Crippen LogP contribution is -2.43. The van der Waals surface area contributed by atoms with E-state index in [1.165, 1.54) is 12.1 Å². The van der Waals surface area contributed by atoms with E-state index in [2.05, 4.69) is 15.2 Å². The highest BCUT2D eigenvalue weighted by atomic mass is 35.5.